The Morgan fingerprint density at radius 1 is 1.45 bits per heavy atom. The van der Waals surface area contributed by atoms with Gasteiger partial charge in [0.25, 0.3) is 0 Å². The van der Waals surface area contributed by atoms with Gasteiger partial charge in [-0.15, -0.1) is 0 Å². The lowest BCUT2D eigenvalue weighted by Crippen LogP contribution is -2.43. The molecule has 2 unspecified atom stereocenters. The van der Waals surface area contributed by atoms with Gasteiger partial charge in [0.05, 0.1) is 17.3 Å². The van der Waals surface area contributed by atoms with Crippen molar-refractivity contribution >= 4 is 29.2 Å². The average Bonchev–Trinajstić information content (AvgIpc) is 2.73. The molecule has 0 spiro atoms. The van der Waals surface area contributed by atoms with Crippen LogP contribution in [0.3, 0.4) is 0 Å². The number of hydrogen-bond acceptors (Lipinski definition) is 3. The lowest BCUT2D eigenvalue weighted by molar-refractivity contribution is -0.143. The minimum Gasteiger partial charge on any atom is -0.480 e. The highest BCUT2D eigenvalue weighted by atomic mass is 35.5. The van der Waals surface area contributed by atoms with E-state index in [0.717, 1.165) is 6.42 Å². The minimum atomic E-state index is -0.874. The van der Waals surface area contributed by atoms with E-state index in [4.69, 9.17) is 11.6 Å². The Morgan fingerprint density at radius 2 is 2.15 bits per heavy atom. The van der Waals surface area contributed by atoms with Crippen LogP contribution in [-0.2, 0) is 9.59 Å². The van der Waals surface area contributed by atoms with E-state index < -0.39 is 12.0 Å². The molecule has 0 saturated carbocycles. The van der Waals surface area contributed by atoms with Crippen LogP contribution >= 0.6 is 11.6 Å². The molecule has 108 valence electrons. The number of likely N-dealkylation sites (tertiary alicyclic amines) is 1. The number of halogens is 1. The summed E-state index contributed by atoms with van der Waals surface area (Å²) in [6.45, 7) is 2.57. The second-order valence-electron chi connectivity index (χ2n) is 5.05. The third kappa shape index (κ3) is 3.29. The number of anilines is 1. The molecule has 5 nitrogen and oxygen atoms in total. The van der Waals surface area contributed by atoms with Gasteiger partial charge in [-0.3, -0.25) is 14.5 Å². The molecule has 1 aliphatic heterocycles. The predicted molar refractivity (Wildman–Crippen MR) is 76.9 cm³/mol. The summed E-state index contributed by atoms with van der Waals surface area (Å²) in [4.78, 5) is 24.9. The van der Waals surface area contributed by atoms with Gasteiger partial charge in [-0.2, -0.15) is 0 Å². The van der Waals surface area contributed by atoms with Crippen molar-refractivity contribution in [3.05, 3.63) is 29.3 Å². The summed E-state index contributed by atoms with van der Waals surface area (Å²) >= 11 is 5.96. The summed E-state index contributed by atoms with van der Waals surface area (Å²) in [5.74, 6) is -1.07. The Morgan fingerprint density at radius 3 is 2.80 bits per heavy atom. The molecular weight excluding hydrogens is 280 g/mol. The standard InChI is InChI=1S/C14H17ClN2O3/c1-9-6-7-17(13(9)14(19)20)8-12(18)16-11-5-3-2-4-10(11)15/h2-5,9,13H,6-8H2,1H3,(H,16,18)(H,19,20). The average molecular weight is 297 g/mol. The Hall–Kier alpha value is -1.59. The number of hydrogen-bond donors (Lipinski definition) is 2. The molecule has 1 heterocycles. The van der Waals surface area contributed by atoms with E-state index in [9.17, 15) is 14.7 Å². The van der Waals surface area contributed by atoms with E-state index in [1.54, 1.807) is 29.2 Å². The summed E-state index contributed by atoms with van der Waals surface area (Å²) in [5.41, 5.74) is 0.540. The van der Waals surface area contributed by atoms with Gasteiger partial charge in [-0.25, -0.2) is 0 Å². The molecule has 0 bridgehead atoms. The van der Waals surface area contributed by atoms with Crippen LogP contribution in [0.2, 0.25) is 5.02 Å². The van der Waals surface area contributed by atoms with Crippen LogP contribution in [0.25, 0.3) is 0 Å². The zero-order valence-electron chi connectivity index (χ0n) is 11.2. The van der Waals surface area contributed by atoms with Gasteiger partial charge < -0.3 is 10.4 Å². The van der Waals surface area contributed by atoms with Gasteiger partial charge in [-0.1, -0.05) is 30.7 Å². The molecule has 1 fully saturated rings. The van der Waals surface area contributed by atoms with Crippen molar-refractivity contribution in [3.63, 3.8) is 0 Å². The third-order valence-electron chi connectivity index (χ3n) is 3.55. The smallest absolute Gasteiger partial charge is 0.321 e. The monoisotopic (exact) mass is 296 g/mol. The van der Waals surface area contributed by atoms with Crippen LogP contribution in [-0.4, -0.2) is 41.0 Å². The van der Waals surface area contributed by atoms with Crippen LogP contribution in [0.5, 0.6) is 0 Å². The normalized spacial score (nSPS) is 22.7. The Balaban J connectivity index is 1.98. The molecule has 1 aliphatic rings. The molecule has 2 atom stereocenters. The summed E-state index contributed by atoms with van der Waals surface area (Å²) < 4.78 is 0. The molecular formula is C14H17ClN2O3. The molecule has 2 rings (SSSR count). The molecule has 2 N–H and O–H groups in total. The Bertz CT molecular complexity index is 521. The highest BCUT2D eigenvalue weighted by Crippen LogP contribution is 2.24. The topological polar surface area (TPSA) is 69.6 Å². The first-order chi connectivity index (χ1) is 9.49. The van der Waals surface area contributed by atoms with Crippen LogP contribution in [0.4, 0.5) is 5.69 Å². The molecule has 0 radical (unpaired) electrons. The highest BCUT2D eigenvalue weighted by molar-refractivity contribution is 6.33. The van der Waals surface area contributed by atoms with Crippen molar-refractivity contribution in [3.8, 4) is 0 Å². The third-order valence-corrected chi connectivity index (χ3v) is 3.88. The van der Waals surface area contributed by atoms with E-state index in [-0.39, 0.29) is 18.4 Å². The maximum Gasteiger partial charge on any atom is 0.321 e. The van der Waals surface area contributed by atoms with Crippen molar-refractivity contribution in [1.29, 1.82) is 0 Å². The first-order valence-electron chi connectivity index (χ1n) is 6.50. The zero-order chi connectivity index (χ0) is 14.7. The first-order valence-corrected chi connectivity index (χ1v) is 6.88. The van der Waals surface area contributed by atoms with Gasteiger partial charge in [0.15, 0.2) is 0 Å². The quantitative estimate of drug-likeness (QED) is 0.892. The molecule has 6 heteroatoms. The molecule has 1 aromatic carbocycles. The van der Waals surface area contributed by atoms with Crippen molar-refractivity contribution in [2.45, 2.75) is 19.4 Å². The molecule has 1 amide bonds. The molecule has 0 aliphatic carbocycles. The van der Waals surface area contributed by atoms with E-state index >= 15 is 0 Å². The van der Waals surface area contributed by atoms with Gasteiger partial charge in [0, 0.05) is 0 Å². The molecule has 1 saturated heterocycles. The van der Waals surface area contributed by atoms with Crippen LogP contribution < -0.4 is 5.32 Å². The number of benzene rings is 1. The van der Waals surface area contributed by atoms with Crippen LogP contribution in [0.15, 0.2) is 24.3 Å². The summed E-state index contributed by atoms with van der Waals surface area (Å²) in [6, 6.07) is 6.36. The number of para-hydroxylation sites is 1. The molecule has 1 aromatic rings. The fraction of sp³-hybridized carbons (Fsp3) is 0.429. The summed E-state index contributed by atoms with van der Waals surface area (Å²) in [6.07, 6.45) is 0.788. The van der Waals surface area contributed by atoms with Gasteiger partial charge in [0.2, 0.25) is 5.91 Å². The SMILES string of the molecule is CC1CCN(CC(=O)Nc2ccccc2Cl)C1C(=O)O. The van der Waals surface area contributed by atoms with Crippen molar-refractivity contribution in [2.24, 2.45) is 5.92 Å². The van der Waals surface area contributed by atoms with E-state index in [2.05, 4.69) is 5.32 Å². The van der Waals surface area contributed by atoms with Gasteiger partial charge >= 0.3 is 5.97 Å². The number of carbonyl (C=O) groups excluding carboxylic acids is 1. The maximum atomic E-state index is 12.0. The first kappa shape index (κ1) is 14.8. The van der Waals surface area contributed by atoms with E-state index in [1.807, 2.05) is 6.92 Å². The second-order valence-corrected chi connectivity index (χ2v) is 5.45. The fourth-order valence-electron chi connectivity index (χ4n) is 2.54. The van der Waals surface area contributed by atoms with Crippen molar-refractivity contribution < 1.29 is 14.7 Å². The van der Waals surface area contributed by atoms with Crippen molar-refractivity contribution in [2.75, 3.05) is 18.4 Å². The number of carboxylic acid groups (broad SMARTS) is 1. The number of amides is 1. The lowest BCUT2D eigenvalue weighted by Gasteiger charge is -2.22. The number of nitrogens with one attached hydrogen (secondary N) is 1. The van der Waals surface area contributed by atoms with Crippen LogP contribution in [0, 0.1) is 5.92 Å². The minimum absolute atomic E-state index is 0.0561. The second kappa shape index (κ2) is 6.24. The number of carbonyl (C=O) groups is 2. The lowest BCUT2D eigenvalue weighted by atomic mass is 10.0. The molecule has 20 heavy (non-hydrogen) atoms. The number of carboxylic acids is 1. The fourth-order valence-corrected chi connectivity index (χ4v) is 2.72. The summed E-state index contributed by atoms with van der Waals surface area (Å²) in [5, 5.41) is 12.4. The number of rotatable bonds is 4. The van der Waals surface area contributed by atoms with Gasteiger partial charge in [0.1, 0.15) is 6.04 Å². The largest absolute Gasteiger partial charge is 0.480 e. The number of nitrogens with zero attached hydrogens (tertiary/aromatic N) is 1. The van der Waals surface area contributed by atoms with E-state index in [1.165, 1.54) is 0 Å². The Kier molecular flexibility index (Phi) is 4.62. The predicted octanol–water partition coefficient (Wildman–Crippen LogP) is 2.07. The number of aliphatic carboxylic acids is 1. The molecule has 0 aromatic heterocycles. The Labute approximate surface area is 122 Å². The highest BCUT2D eigenvalue weighted by Gasteiger charge is 2.37. The maximum absolute atomic E-state index is 12.0. The zero-order valence-corrected chi connectivity index (χ0v) is 11.9. The summed E-state index contributed by atoms with van der Waals surface area (Å²) in [7, 11) is 0. The van der Waals surface area contributed by atoms with E-state index in [0.29, 0.717) is 17.3 Å². The van der Waals surface area contributed by atoms with Crippen molar-refractivity contribution in [1.82, 2.24) is 4.90 Å². The van der Waals surface area contributed by atoms with Gasteiger partial charge in [-0.05, 0) is 31.0 Å². The van der Waals surface area contributed by atoms with Crippen LogP contribution in [0.1, 0.15) is 13.3 Å².